The molecule has 0 saturated carbocycles. The van der Waals surface area contributed by atoms with Crippen molar-refractivity contribution >= 4 is 0 Å². The fourth-order valence-electron chi connectivity index (χ4n) is 3.65. The minimum Gasteiger partial charge on any atom is -0.493 e. The van der Waals surface area contributed by atoms with Crippen LogP contribution < -0.4 is 9.47 Å². The third-order valence-electron chi connectivity index (χ3n) is 4.80. The van der Waals surface area contributed by atoms with Gasteiger partial charge < -0.3 is 14.6 Å². The van der Waals surface area contributed by atoms with Crippen molar-refractivity contribution in [2.24, 2.45) is 5.41 Å². The molecule has 1 N–H and O–H groups in total. The van der Waals surface area contributed by atoms with Crippen molar-refractivity contribution in [1.82, 2.24) is 4.90 Å². The van der Waals surface area contributed by atoms with E-state index < -0.39 is 0 Å². The molecule has 1 aromatic rings. The van der Waals surface area contributed by atoms with E-state index in [1.54, 1.807) is 13.2 Å². The lowest BCUT2D eigenvalue weighted by Crippen LogP contribution is -2.45. The van der Waals surface area contributed by atoms with Crippen LogP contribution in [0.15, 0.2) is 12.1 Å². The molecule has 0 radical (unpaired) electrons. The maximum absolute atomic E-state index is 14.3. The second-order valence-electron chi connectivity index (χ2n) is 6.52. The molecule has 23 heavy (non-hydrogen) atoms. The van der Waals surface area contributed by atoms with Crippen molar-refractivity contribution in [3.63, 3.8) is 0 Å². The number of hydrogen-bond acceptors (Lipinski definition) is 4. The zero-order valence-electron chi connectivity index (χ0n) is 14.4. The van der Waals surface area contributed by atoms with E-state index in [4.69, 9.17) is 9.47 Å². The summed E-state index contributed by atoms with van der Waals surface area (Å²) in [6.45, 7) is 4.61. The van der Waals surface area contributed by atoms with Crippen molar-refractivity contribution in [2.75, 3.05) is 33.9 Å². The first kappa shape index (κ1) is 18.0. The first-order chi connectivity index (χ1) is 11.1. The lowest BCUT2D eigenvalue weighted by molar-refractivity contribution is 0.0212. The average molecular weight is 325 g/mol. The van der Waals surface area contributed by atoms with E-state index in [1.807, 2.05) is 0 Å². The molecule has 0 amide bonds. The normalized spacial score (nSPS) is 22.1. The number of nitrogens with zero attached hydrogens (tertiary/aromatic N) is 1. The average Bonchev–Trinajstić information content (AvgIpc) is 2.57. The van der Waals surface area contributed by atoms with Crippen LogP contribution >= 0.6 is 0 Å². The molecule has 1 aliphatic rings. The van der Waals surface area contributed by atoms with Gasteiger partial charge in [-0.25, -0.2) is 4.39 Å². The summed E-state index contributed by atoms with van der Waals surface area (Å²) in [6, 6.07) is 3.09. The van der Waals surface area contributed by atoms with E-state index in [2.05, 4.69) is 11.8 Å². The molecule has 1 atom stereocenters. The number of piperidine rings is 1. The molecule has 4 nitrogen and oxygen atoms in total. The number of hydrogen-bond donors (Lipinski definition) is 1. The molecule has 0 aliphatic carbocycles. The van der Waals surface area contributed by atoms with E-state index in [0.29, 0.717) is 23.6 Å². The van der Waals surface area contributed by atoms with Crippen molar-refractivity contribution in [3.05, 3.63) is 23.5 Å². The Hall–Kier alpha value is -1.33. The van der Waals surface area contributed by atoms with Gasteiger partial charge >= 0.3 is 0 Å². The predicted molar refractivity (Wildman–Crippen MR) is 88.4 cm³/mol. The third-order valence-corrected chi connectivity index (χ3v) is 4.80. The molecular formula is C18H28FNO3. The lowest BCUT2D eigenvalue weighted by atomic mass is 9.77. The van der Waals surface area contributed by atoms with Crippen LogP contribution in [-0.2, 0) is 6.54 Å². The summed E-state index contributed by atoms with van der Waals surface area (Å²) in [6.07, 6.45) is 4.14. The van der Waals surface area contributed by atoms with Crippen LogP contribution in [0.4, 0.5) is 4.39 Å². The van der Waals surface area contributed by atoms with Gasteiger partial charge in [-0.3, -0.25) is 4.90 Å². The van der Waals surface area contributed by atoms with E-state index in [0.717, 1.165) is 38.8 Å². The minimum absolute atomic E-state index is 0.0416. The zero-order valence-corrected chi connectivity index (χ0v) is 14.4. The van der Waals surface area contributed by atoms with Gasteiger partial charge in [0.1, 0.15) is 5.82 Å². The summed E-state index contributed by atoms with van der Waals surface area (Å²) in [4.78, 5) is 2.24. The lowest BCUT2D eigenvalue weighted by Gasteiger charge is -2.42. The zero-order chi connectivity index (χ0) is 16.9. The minimum atomic E-state index is -0.279. The molecule has 130 valence electrons. The number of aliphatic hydroxyl groups is 1. The Balaban J connectivity index is 2.15. The van der Waals surface area contributed by atoms with Crippen LogP contribution in [-0.4, -0.2) is 43.9 Å². The highest BCUT2D eigenvalue weighted by Crippen LogP contribution is 2.36. The van der Waals surface area contributed by atoms with Crippen LogP contribution in [0, 0.1) is 11.2 Å². The molecular weight excluding hydrogens is 297 g/mol. The van der Waals surface area contributed by atoms with Crippen LogP contribution in [0.5, 0.6) is 11.5 Å². The van der Waals surface area contributed by atoms with Gasteiger partial charge in [0.15, 0.2) is 11.5 Å². The van der Waals surface area contributed by atoms with Gasteiger partial charge in [-0.15, -0.1) is 0 Å². The van der Waals surface area contributed by atoms with Gasteiger partial charge in [-0.2, -0.15) is 0 Å². The fraction of sp³-hybridized carbons (Fsp3) is 0.667. The van der Waals surface area contributed by atoms with Crippen LogP contribution in [0.25, 0.3) is 0 Å². The van der Waals surface area contributed by atoms with E-state index in [1.165, 1.54) is 13.2 Å². The first-order valence-corrected chi connectivity index (χ1v) is 8.31. The van der Waals surface area contributed by atoms with Crippen molar-refractivity contribution in [2.45, 2.75) is 39.2 Å². The summed E-state index contributed by atoms with van der Waals surface area (Å²) in [5.41, 5.74) is 0.563. The molecule has 0 bridgehead atoms. The Morgan fingerprint density at radius 1 is 1.26 bits per heavy atom. The van der Waals surface area contributed by atoms with Gasteiger partial charge in [-0.05, 0) is 31.9 Å². The molecule has 1 saturated heterocycles. The molecule has 5 heteroatoms. The second-order valence-corrected chi connectivity index (χ2v) is 6.52. The number of methoxy groups -OCH3 is 2. The molecule has 0 unspecified atom stereocenters. The third kappa shape index (κ3) is 4.15. The van der Waals surface area contributed by atoms with Gasteiger partial charge in [0.2, 0.25) is 0 Å². The Labute approximate surface area is 138 Å². The summed E-state index contributed by atoms with van der Waals surface area (Å²) in [5, 5.41) is 9.82. The number of ether oxygens (including phenoxy) is 2. The molecule has 1 aliphatic heterocycles. The van der Waals surface area contributed by atoms with Crippen LogP contribution in [0.1, 0.15) is 38.2 Å². The number of likely N-dealkylation sites (tertiary alicyclic amines) is 1. The highest BCUT2D eigenvalue weighted by atomic mass is 19.1. The van der Waals surface area contributed by atoms with Gasteiger partial charge in [-0.1, -0.05) is 13.3 Å². The standard InChI is InChI=1S/C18H28FNO3/c1-4-6-18(13-21)7-5-8-20(12-18)11-14-9-16(22-2)17(23-3)10-15(14)19/h9-10,21H,4-8,11-13H2,1-3H3/t18-/m0/s1. The van der Waals surface area contributed by atoms with Crippen molar-refractivity contribution in [3.8, 4) is 11.5 Å². The first-order valence-electron chi connectivity index (χ1n) is 8.31. The van der Waals surface area contributed by atoms with E-state index >= 15 is 0 Å². The number of rotatable bonds is 7. The Morgan fingerprint density at radius 2 is 1.96 bits per heavy atom. The van der Waals surface area contributed by atoms with E-state index in [9.17, 15) is 9.50 Å². The maximum atomic E-state index is 14.3. The summed E-state index contributed by atoms with van der Waals surface area (Å²) in [7, 11) is 3.06. The summed E-state index contributed by atoms with van der Waals surface area (Å²) < 4.78 is 24.7. The Bertz CT molecular complexity index is 519. The molecule has 0 aromatic heterocycles. The number of benzene rings is 1. The van der Waals surface area contributed by atoms with Gasteiger partial charge in [0.25, 0.3) is 0 Å². The van der Waals surface area contributed by atoms with Gasteiger partial charge in [0, 0.05) is 36.7 Å². The highest BCUT2D eigenvalue weighted by Gasteiger charge is 2.34. The SMILES string of the molecule is CCC[C@]1(CO)CCCN(Cc2cc(OC)c(OC)cc2F)C1. The number of halogens is 1. The Kier molecular flexibility index (Phi) is 6.25. The molecule has 1 aromatic carbocycles. The molecule has 2 rings (SSSR count). The van der Waals surface area contributed by atoms with Crippen LogP contribution in [0.3, 0.4) is 0 Å². The maximum Gasteiger partial charge on any atom is 0.163 e. The molecule has 0 spiro atoms. The number of aliphatic hydroxyl groups excluding tert-OH is 1. The predicted octanol–water partition coefficient (Wildman–Crippen LogP) is 3.22. The van der Waals surface area contributed by atoms with Crippen molar-refractivity contribution < 1.29 is 19.0 Å². The fourth-order valence-corrected chi connectivity index (χ4v) is 3.65. The van der Waals surface area contributed by atoms with Crippen LogP contribution in [0.2, 0.25) is 0 Å². The smallest absolute Gasteiger partial charge is 0.163 e. The summed E-state index contributed by atoms with van der Waals surface area (Å²) in [5.74, 6) is 0.671. The second kappa shape index (κ2) is 7.97. The highest BCUT2D eigenvalue weighted by molar-refractivity contribution is 5.43. The van der Waals surface area contributed by atoms with E-state index in [-0.39, 0.29) is 17.8 Å². The molecule has 1 heterocycles. The molecule has 1 fully saturated rings. The summed E-state index contributed by atoms with van der Waals surface area (Å²) >= 11 is 0. The topological polar surface area (TPSA) is 41.9 Å². The largest absolute Gasteiger partial charge is 0.493 e. The Morgan fingerprint density at radius 3 is 2.57 bits per heavy atom. The quantitative estimate of drug-likeness (QED) is 0.836. The monoisotopic (exact) mass is 325 g/mol. The van der Waals surface area contributed by atoms with Gasteiger partial charge in [0.05, 0.1) is 14.2 Å². The van der Waals surface area contributed by atoms with Crippen molar-refractivity contribution in [1.29, 1.82) is 0 Å².